The highest BCUT2D eigenvalue weighted by Crippen LogP contribution is 2.61. The molecule has 0 radical (unpaired) electrons. The molecular formula is C15H15Cl2NO4. The molecule has 0 aromatic heterocycles. The molecule has 118 valence electrons. The van der Waals surface area contributed by atoms with Crippen molar-refractivity contribution in [2.24, 2.45) is 23.5 Å². The smallest absolute Gasteiger partial charge is 0.326 e. The van der Waals surface area contributed by atoms with Gasteiger partial charge in [-0.25, -0.2) is 0 Å². The molecule has 0 spiro atoms. The second-order valence-corrected chi connectivity index (χ2v) is 6.79. The molecule has 0 bridgehead atoms. The minimum atomic E-state index is -1.21. The van der Waals surface area contributed by atoms with Crippen LogP contribution in [0, 0.1) is 17.8 Å². The molecular weight excluding hydrogens is 329 g/mol. The van der Waals surface area contributed by atoms with Gasteiger partial charge in [-0.1, -0.05) is 23.2 Å². The first-order valence-corrected chi connectivity index (χ1v) is 7.73. The highest BCUT2D eigenvalue weighted by molar-refractivity contribution is 6.33. The summed E-state index contributed by atoms with van der Waals surface area (Å²) >= 11 is 11.9. The van der Waals surface area contributed by atoms with Crippen LogP contribution in [-0.2, 0) is 20.9 Å². The van der Waals surface area contributed by atoms with Gasteiger partial charge in [0.1, 0.15) is 12.1 Å². The van der Waals surface area contributed by atoms with E-state index in [0.717, 1.165) is 0 Å². The number of carbonyl (C=O) groups excluding carboxylic acids is 1. The molecule has 0 aliphatic heterocycles. The topological polar surface area (TPSA) is 89.6 Å². The minimum absolute atomic E-state index is 0.00944. The van der Waals surface area contributed by atoms with Gasteiger partial charge in [0, 0.05) is 21.5 Å². The van der Waals surface area contributed by atoms with Gasteiger partial charge in [-0.2, -0.15) is 0 Å². The van der Waals surface area contributed by atoms with E-state index in [4.69, 9.17) is 38.8 Å². The number of ether oxygens (including phenoxy) is 1. The maximum absolute atomic E-state index is 12.3. The normalized spacial score (nSPS) is 32.4. The quantitative estimate of drug-likeness (QED) is 0.819. The molecule has 22 heavy (non-hydrogen) atoms. The zero-order valence-electron chi connectivity index (χ0n) is 11.6. The average molecular weight is 344 g/mol. The monoisotopic (exact) mass is 343 g/mol. The van der Waals surface area contributed by atoms with Gasteiger partial charge in [0.2, 0.25) is 0 Å². The Kier molecular flexibility index (Phi) is 3.83. The third-order valence-corrected chi connectivity index (χ3v) is 5.29. The van der Waals surface area contributed by atoms with Crippen molar-refractivity contribution >= 4 is 35.1 Å². The van der Waals surface area contributed by atoms with E-state index in [2.05, 4.69) is 0 Å². The SMILES string of the molecule is NC1(C(=O)OCc2cc(Cl)ccc2Cl)CCC2C(C(=O)O)C21. The number of carbonyl (C=O) groups is 2. The van der Waals surface area contributed by atoms with Crippen molar-refractivity contribution in [3.8, 4) is 0 Å². The fraction of sp³-hybridized carbons (Fsp3) is 0.467. The van der Waals surface area contributed by atoms with E-state index in [-0.39, 0.29) is 18.4 Å². The predicted molar refractivity (Wildman–Crippen MR) is 80.5 cm³/mol. The number of hydrogen-bond acceptors (Lipinski definition) is 4. The first kappa shape index (κ1) is 15.6. The summed E-state index contributed by atoms with van der Waals surface area (Å²) in [6, 6.07) is 4.88. The zero-order chi connectivity index (χ0) is 16.1. The maximum atomic E-state index is 12.3. The standard InChI is InChI=1S/C15H15Cl2NO4/c16-8-1-2-10(17)7(5-8)6-22-14(21)15(18)4-3-9-11(12(9)15)13(19)20/h1-2,5,9,11-12H,3-4,6,18H2,(H,19,20). The number of rotatable bonds is 4. The van der Waals surface area contributed by atoms with Crippen LogP contribution in [0.5, 0.6) is 0 Å². The van der Waals surface area contributed by atoms with Crippen LogP contribution < -0.4 is 5.73 Å². The number of benzene rings is 1. The lowest BCUT2D eigenvalue weighted by Gasteiger charge is -2.24. The van der Waals surface area contributed by atoms with E-state index in [1.807, 2.05) is 0 Å². The largest absolute Gasteiger partial charge is 0.481 e. The fourth-order valence-electron chi connectivity index (χ4n) is 3.51. The number of carboxylic acid groups (broad SMARTS) is 1. The first-order valence-electron chi connectivity index (χ1n) is 6.97. The lowest BCUT2D eigenvalue weighted by Crippen LogP contribution is -2.50. The van der Waals surface area contributed by atoms with Crippen LogP contribution in [0.25, 0.3) is 0 Å². The predicted octanol–water partition coefficient (Wildman–Crippen LogP) is 2.47. The van der Waals surface area contributed by atoms with Gasteiger partial charge in [-0.05, 0) is 37.0 Å². The lowest BCUT2D eigenvalue weighted by molar-refractivity contribution is -0.152. The first-order chi connectivity index (χ1) is 10.3. The van der Waals surface area contributed by atoms with Crippen molar-refractivity contribution in [1.29, 1.82) is 0 Å². The number of nitrogens with two attached hydrogens (primary N) is 1. The van der Waals surface area contributed by atoms with Crippen LogP contribution in [0.1, 0.15) is 18.4 Å². The van der Waals surface area contributed by atoms with Crippen LogP contribution in [0.2, 0.25) is 10.0 Å². The van der Waals surface area contributed by atoms with Gasteiger partial charge < -0.3 is 15.6 Å². The van der Waals surface area contributed by atoms with Gasteiger partial charge in [-0.15, -0.1) is 0 Å². The second-order valence-electron chi connectivity index (χ2n) is 5.94. The number of fused-ring (bicyclic) bond motifs is 1. The Morgan fingerprint density at radius 1 is 1.41 bits per heavy atom. The van der Waals surface area contributed by atoms with Gasteiger partial charge in [0.05, 0.1) is 5.92 Å². The van der Waals surface area contributed by atoms with Crippen molar-refractivity contribution in [3.63, 3.8) is 0 Å². The van der Waals surface area contributed by atoms with Crippen molar-refractivity contribution in [1.82, 2.24) is 0 Å². The zero-order valence-corrected chi connectivity index (χ0v) is 13.1. The molecule has 1 aromatic rings. The summed E-state index contributed by atoms with van der Waals surface area (Å²) in [4.78, 5) is 23.4. The molecule has 7 heteroatoms. The highest BCUT2D eigenvalue weighted by atomic mass is 35.5. The summed E-state index contributed by atoms with van der Waals surface area (Å²) in [5.41, 5.74) is 5.53. The Balaban J connectivity index is 1.67. The number of hydrogen-bond donors (Lipinski definition) is 2. The van der Waals surface area contributed by atoms with Gasteiger partial charge in [0.25, 0.3) is 0 Å². The summed E-state index contributed by atoms with van der Waals surface area (Å²) in [6.07, 6.45) is 1.10. The Hall–Kier alpha value is -1.30. The van der Waals surface area contributed by atoms with E-state index in [1.54, 1.807) is 18.2 Å². The van der Waals surface area contributed by atoms with Gasteiger partial charge >= 0.3 is 11.9 Å². The molecule has 3 rings (SSSR count). The summed E-state index contributed by atoms with van der Waals surface area (Å²) in [6.45, 7) is -0.0354. The van der Waals surface area contributed by atoms with Crippen LogP contribution in [-0.4, -0.2) is 22.6 Å². The molecule has 0 amide bonds. The number of aliphatic carboxylic acids is 1. The second kappa shape index (κ2) is 5.41. The van der Waals surface area contributed by atoms with Crippen molar-refractivity contribution in [2.75, 3.05) is 0 Å². The van der Waals surface area contributed by atoms with Gasteiger partial charge in [0.15, 0.2) is 0 Å². The number of carboxylic acids is 1. The van der Waals surface area contributed by atoms with E-state index in [1.165, 1.54) is 0 Å². The Labute approximate surface area is 137 Å². The summed E-state index contributed by atoms with van der Waals surface area (Å²) < 4.78 is 5.28. The molecule has 0 heterocycles. The van der Waals surface area contributed by atoms with Crippen molar-refractivity contribution in [3.05, 3.63) is 33.8 Å². The molecule has 4 unspecified atom stereocenters. The lowest BCUT2D eigenvalue weighted by atomic mass is 9.91. The van der Waals surface area contributed by atoms with Crippen molar-refractivity contribution in [2.45, 2.75) is 25.0 Å². The van der Waals surface area contributed by atoms with Crippen molar-refractivity contribution < 1.29 is 19.4 Å². The Bertz CT molecular complexity index is 650. The molecule has 3 N–H and O–H groups in total. The van der Waals surface area contributed by atoms with Gasteiger partial charge in [-0.3, -0.25) is 9.59 Å². The van der Waals surface area contributed by atoms with E-state index >= 15 is 0 Å². The third kappa shape index (κ3) is 2.47. The molecule has 2 aliphatic carbocycles. The summed E-state index contributed by atoms with van der Waals surface area (Å²) in [5.74, 6) is -2.33. The van der Waals surface area contributed by atoms with E-state index < -0.39 is 23.4 Å². The number of halogens is 2. The molecule has 4 atom stereocenters. The summed E-state index contributed by atoms with van der Waals surface area (Å²) in [7, 11) is 0. The third-order valence-electron chi connectivity index (χ3n) is 4.69. The Morgan fingerprint density at radius 3 is 2.77 bits per heavy atom. The van der Waals surface area contributed by atoms with Crippen LogP contribution >= 0.6 is 23.2 Å². The number of esters is 1. The minimum Gasteiger partial charge on any atom is -0.481 e. The Morgan fingerprint density at radius 2 is 2.14 bits per heavy atom. The molecule has 0 saturated heterocycles. The van der Waals surface area contributed by atoms with Crippen LogP contribution in [0.4, 0.5) is 0 Å². The van der Waals surface area contributed by atoms with E-state index in [0.29, 0.717) is 28.5 Å². The highest BCUT2D eigenvalue weighted by Gasteiger charge is 2.70. The molecule has 2 saturated carbocycles. The van der Waals surface area contributed by atoms with Crippen LogP contribution in [0.3, 0.4) is 0 Å². The molecule has 1 aromatic carbocycles. The molecule has 5 nitrogen and oxygen atoms in total. The molecule has 2 aliphatic rings. The van der Waals surface area contributed by atoms with E-state index in [9.17, 15) is 9.59 Å². The molecule has 2 fully saturated rings. The van der Waals surface area contributed by atoms with Crippen LogP contribution in [0.15, 0.2) is 18.2 Å². The fourth-order valence-corrected chi connectivity index (χ4v) is 3.88. The summed E-state index contributed by atoms with van der Waals surface area (Å²) in [5, 5.41) is 10.0. The maximum Gasteiger partial charge on any atom is 0.326 e. The average Bonchev–Trinajstić information content (AvgIpc) is 3.12.